The van der Waals surface area contributed by atoms with Crippen molar-refractivity contribution in [2.75, 3.05) is 11.1 Å². The van der Waals surface area contributed by atoms with Crippen LogP contribution in [0.5, 0.6) is 0 Å². The number of benzene rings is 2. The highest BCUT2D eigenvalue weighted by atomic mass is 35.5. The number of sulfone groups is 1. The second-order valence-electron chi connectivity index (χ2n) is 6.08. The number of carbonyl (C=O) groups is 2. The van der Waals surface area contributed by atoms with Crippen LogP contribution in [0.2, 0.25) is 5.02 Å². The van der Waals surface area contributed by atoms with E-state index in [1.165, 1.54) is 12.1 Å². The Kier molecular flexibility index (Phi) is 6.95. The van der Waals surface area contributed by atoms with Gasteiger partial charge in [0.25, 0.3) is 5.69 Å². The van der Waals surface area contributed by atoms with Crippen LogP contribution in [0.4, 0.5) is 15.8 Å². The zero-order valence-electron chi connectivity index (χ0n) is 14.9. The lowest BCUT2D eigenvalue weighted by Gasteiger charge is -2.16. The molecule has 0 spiro atoms. The summed E-state index contributed by atoms with van der Waals surface area (Å²) in [6, 6.07) is 4.36. The predicted molar refractivity (Wildman–Crippen MR) is 104 cm³/mol. The van der Waals surface area contributed by atoms with Crippen molar-refractivity contribution in [1.29, 1.82) is 0 Å². The largest absolute Gasteiger partial charge is 0.480 e. The highest BCUT2D eigenvalue weighted by Crippen LogP contribution is 2.27. The van der Waals surface area contributed by atoms with Gasteiger partial charge in [0.05, 0.1) is 22.0 Å². The molecular formula is C17H14ClFN2O8S. The highest BCUT2D eigenvalue weighted by molar-refractivity contribution is 7.90. The van der Waals surface area contributed by atoms with E-state index in [2.05, 4.69) is 5.32 Å². The highest BCUT2D eigenvalue weighted by Gasteiger charge is 2.29. The molecule has 0 heterocycles. The fraction of sp³-hybridized carbons (Fsp3) is 0.176. The van der Waals surface area contributed by atoms with E-state index >= 15 is 0 Å². The van der Waals surface area contributed by atoms with Gasteiger partial charge < -0.3 is 15.5 Å². The fourth-order valence-corrected chi connectivity index (χ4v) is 4.40. The first-order valence-corrected chi connectivity index (χ1v) is 10.3. The Hall–Kier alpha value is -3.25. The third-order valence-corrected chi connectivity index (χ3v) is 5.84. The van der Waals surface area contributed by atoms with Crippen molar-refractivity contribution in [2.45, 2.75) is 11.8 Å². The van der Waals surface area contributed by atoms with Gasteiger partial charge in [0.15, 0.2) is 9.84 Å². The maximum atomic E-state index is 13.9. The number of rotatable bonds is 9. The number of nitrogens with one attached hydrogen (secondary N) is 1. The van der Waals surface area contributed by atoms with Gasteiger partial charge in [-0.15, -0.1) is 0 Å². The Morgan fingerprint density at radius 2 is 1.90 bits per heavy atom. The molecule has 0 saturated carbocycles. The standard InChI is InChI=1S/C17H14ClFN2O8S/c18-11-2-1-3-12(19)10(11)7-30(28,29)8-14(17(24)25)20-13-5-4-9(16(22)23)6-15(13)21(26)27/h1-6,14,20H,7-8H2,(H,22,23)(H,24,25). The summed E-state index contributed by atoms with van der Waals surface area (Å²) >= 11 is 5.80. The number of nitro benzene ring substituents is 1. The van der Waals surface area contributed by atoms with Crippen LogP contribution in [0, 0.1) is 15.9 Å². The molecule has 2 aromatic rings. The minimum Gasteiger partial charge on any atom is -0.480 e. The van der Waals surface area contributed by atoms with Crippen molar-refractivity contribution < 1.29 is 37.5 Å². The summed E-state index contributed by atoms with van der Waals surface area (Å²) < 4.78 is 38.7. The third-order valence-electron chi connectivity index (χ3n) is 3.92. The number of aromatic carboxylic acids is 1. The molecule has 2 rings (SSSR count). The summed E-state index contributed by atoms with van der Waals surface area (Å²) in [7, 11) is -4.23. The summed E-state index contributed by atoms with van der Waals surface area (Å²) in [5.74, 6) is -5.89. The Morgan fingerprint density at radius 1 is 1.23 bits per heavy atom. The molecule has 0 saturated heterocycles. The third kappa shape index (κ3) is 5.64. The Bertz CT molecular complexity index is 1100. The lowest BCUT2D eigenvalue weighted by atomic mass is 10.1. The van der Waals surface area contributed by atoms with Crippen molar-refractivity contribution >= 4 is 44.8 Å². The van der Waals surface area contributed by atoms with Crippen molar-refractivity contribution in [3.05, 3.63) is 68.5 Å². The molecule has 0 bridgehead atoms. The zero-order chi connectivity index (χ0) is 22.6. The van der Waals surface area contributed by atoms with Crippen molar-refractivity contribution in [2.24, 2.45) is 0 Å². The molecule has 0 aliphatic rings. The number of anilines is 1. The fourth-order valence-electron chi connectivity index (χ4n) is 2.50. The number of carboxylic acids is 2. The first-order chi connectivity index (χ1) is 13.9. The molecule has 10 nitrogen and oxygen atoms in total. The van der Waals surface area contributed by atoms with Crippen LogP contribution in [0.1, 0.15) is 15.9 Å². The summed E-state index contributed by atoms with van der Waals surface area (Å²) in [5.41, 5.74) is -1.90. The second-order valence-corrected chi connectivity index (χ2v) is 8.60. The van der Waals surface area contributed by atoms with E-state index in [9.17, 15) is 37.6 Å². The summed E-state index contributed by atoms with van der Waals surface area (Å²) in [6.45, 7) is 0. The van der Waals surface area contributed by atoms with Gasteiger partial charge in [0.1, 0.15) is 17.5 Å². The molecule has 0 aliphatic heterocycles. The molecule has 1 unspecified atom stereocenters. The van der Waals surface area contributed by atoms with E-state index in [-0.39, 0.29) is 10.6 Å². The molecule has 160 valence electrons. The summed E-state index contributed by atoms with van der Waals surface area (Å²) in [4.78, 5) is 32.8. The molecule has 0 amide bonds. The smallest absolute Gasteiger partial charge is 0.335 e. The number of hydrogen-bond donors (Lipinski definition) is 3. The molecule has 0 fully saturated rings. The minimum atomic E-state index is -4.23. The molecule has 13 heteroatoms. The maximum Gasteiger partial charge on any atom is 0.335 e. The number of hydrogen-bond acceptors (Lipinski definition) is 7. The minimum absolute atomic E-state index is 0.154. The van der Waals surface area contributed by atoms with Crippen LogP contribution in [-0.4, -0.2) is 47.3 Å². The lowest BCUT2D eigenvalue weighted by Crippen LogP contribution is -2.37. The quantitative estimate of drug-likeness (QED) is 0.376. The van der Waals surface area contributed by atoms with Crippen LogP contribution in [0.15, 0.2) is 36.4 Å². The Labute approximate surface area is 174 Å². The lowest BCUT2D eigenvalue weighted by molar-refractivity contribution is -0.384. The van der Waals surface area contributed by atoms with Gasteiger partial charge in [0.2, 0.25) is 0 Å². The molecule has 30 heavy (non-hydrogen) atoms. The number of carboxylic acid groups (broad SMARTS) is 2. The molecule has 0 aromatic heterocycles. The molecule has 0 radical (unpaired) electrons. The first kappa shape index (κ1) is 23.0. The van der Waals surface area contributed by atoms with Crippen LogP contribution in [-0.2, 0) is 20.4 Å². The normalized spacial score (nSPS) is 12.2. The van der Waals surface area contributed by atoms with E-state index in [0.717, 1.165) is 18.2 Å². The molecule has 1 atom stereocenters. The van der Waals surface area contributed by atoms with Gasteiger partial charge in [-0.1, -0.05) is 17.7 Å². The van der Waals surface area contributed by atoms with Crippen molar-refractivity contribution in [1.82, 2.24) is 0 Å². The summed E-state index contributed by atoms with van der Waals surface area (Å²) in [5, 5.41) is 31.6. The van der Waals surface area contributed by atoms with Crippen LogP contribution in [0.3, 0.4) is 0 Å². The van der Waals surface area contributed by atoms with E-state index in [4.69, 9.17) is 16.7 Å². The average molecular weight is 461 g/mol. The van der Waals surface area contributed by atoms with Gasteiger partial charge in [-0.3, -0.25) is 10.1 Å². The van der Waals surface area contributed by atoms with Gasteiger partial charge in [-0.25, -0.2) is 22.4 Å². The van der Waals surface area contributed by atoms with Crippen LogP contribution in [0.25, 0.3) is 0 Å². The summed E-state index contributed by atoms with van der Waals surface area (Å²) in [6.07, 6.45) is 0. The molecule has 2 aromatic carbocycles. The Morgan fingerprint density at radius 3 is 2.43 bits per heavy atom. The molecule has 0 aliphatic carbocycles. The van der Waals surface area contributed by atoms with Crippen molar-refractivity contribution in [3.63, 3.8) is 0 Å². The number of nitrogens with zero attached hydrogens (tertiary/aromatic N) is 1. The molecular weight excluding hydrogens is 447 g/mol. The van der Waals surface area contributed by atoms with E-state index in [1.807, 2.05) is 0 Å². The number of halogens is 2. The topological polar surface area (TPSA) is 164 Å². The van der Waals surface area contributed by atoms with Crippen LogP contribution < -0.4 is 5.32 Å². The number of nitro groups is 1. The van der Waals surface area contributed by atoms with E-state index in [0.29, 0.717) is 6.07 Å². The predicted octanol–water partition coefficient (Wildman–Crippen LogP) is 2.57. The van der Waals surface area contributed by atoms with Crippen LogP contribution >= 0.6 is 11.6 Å². The second kappa shape index (κ2) is 9.05. The molecule has 3 N–H and O–H groups in total. The van der Waals surface area contributed by atoms with Gasteiger partial charge in [-0.05, 0) is 24.3 Å². The van der Waals surface area contributed by atoms with E-state index in [1.54, 1.807) is 0 Å². The SMILES string of the molecule is O=C(O)c1ccc(NC(CS(=O)(=O)Cc2c(F)cccc2Cl)C(=O)O)c([N+](=O)[O-])c1. The van der Waals surface area contributed by atoms with Gasteiger partial charge >= 0.3 is 11.9 Å². The van der Waals surface area contributed by atoms with Gasteiger partial charge in [-0.2, -0.15) is 0 Å². The van der Waals surface area contributed by atoms with Crippen molar-refractivity contribution in [3.8, 4) is 0 Å². The maximum absolute atomic E-state index is 13.9. The van der Waals surface area contributed by atoms with E-state index < -0.39 is 67.0 Å². The number of aliphatic carboxylic acids is 1. The van der Waals surface area contributed by atoms with Gasteiger partial charge in [0, 0.05) is 16.7 Å². The average Bonchev–Trinajstić information content (AvgIpc) is 2.64. The zero-order valence-corrected chi connectivity index (χ0v) is 16.5. The first-order valence-electron chi connectivity index (χ1n) is 8.05. The monoisotopic (exact) mass is 460 g/mol. The Balaban J connectivity index is 2.32.